The van der Waals surface area contributed by atoms with Crippen molar-refractivity contribution in [2.75, 3.05) is 13.1 Å². The summed E-state index contributed by atoms with van der Waals surface area (Å²) in [4.78, 5) is 26.3. The van der Waals surface area contributed by atoms with E-state index in [0.29, 0.717) is 13.0 Å². The summed E-state index contributed by atoms with van der Waals surface area (Å²) in [5.74, 6) is 0.0228. The number of aryl methyl sites for hydroxylation is 3. The first-order chi connectivity index (χ1) is 12.5. The summed E-state index contributed by atoms with van der Waals surface area (Å²) in [5, 5.41) is 7.27. The Morgan fingerprint density at radius 3 is 2.73 bits per heavy atom. The molecule has 138 valence electrons. The molecule has 1 saturated heterocycles. The van der Waals surface area contributed by atoms with Crippen LogP contribution in [0.3, 0.4) is 0 Å². The Morgan fingerprint density at radius 2 is 2.04 bits per heavy atom. The van der Waals surface area contributed by atoms with Crippen LogP contribution in [-0.2, 0) is 22.6 Å². The van der Waals surface area contributed by atoms with Gasteiger partial charge >= 0.3 is 0 Å². The summed E-state index contributed by atoms with van der Waals surface area (Å²) < 4.78 is 1.69. The van der Waals surface area contributed by atoms with Crippen LogP contribution in [-0.4, -0.2) is 45.6 Å². The van der Waals surface area contributed by atoms with Crippen molar-refractivity contribution in [2.45, 2.75) is 45.7 Å². The molecule has 1 unspecified atom stereocenters. The summed E-state index contributed by atoms with van der Waals surface area (Å²) in [5.41, 5.74) is 3.15. The van der Waals surface area contributed by atoms with Crippen molar-refractivity contribution in [2.24, 2.45) is 0 Å². The van der Waals surface area contributed by atoms with Crippen molar-refractivity contribution < 1.29 is 9.59 Å². The van der Waals surface area contributed by atoms with Gasteiger partial charge in [-0.3, -0.25) is 14.3 Å². The first-order valence-electron chi connectivity index (χ1n) is 9.13. The molecule has 0 radical (unpaired) electrons. The molecule has 1 fully saturated rings. The Kier molecular flexibility index (Phi) is 5.71. The number of likely N-dealkylation sites (tertiary alicyclic amines) is 1. The number of nitrogens with zero attached hydrogens (tertiary/aromatic N) is 3. The third kappa shape index (κ3) is 4.71. The zero-order valence-electron chi connectivity index (χ0n) is 15.4. The third-order valence-corrected chi connectivity index (χ3v) is 4.71. The molecule has 2 amide bonds. The molecule has 1 aromatic carbocycles. The van der Waals surface area contributed by atoms with E-state index in [-0.39, 0.29) is 24.4 Å². The van der Waals surface area contributed by atoms with E-state index in [1.807, 2.05) is 43.0 Å². The molecular formula is C20H26N4O2. The quantitative estimate of drug-likeness (QED) is 0.825. The smallest absolute Gasteiger partial charge is 0.242 e. The van der Waals surface area contributed by atoms with Crippen LogP contribution in [0.1, 0.15) is 29.8 Å². The highest BCUT2D eigenvalue weighted by molar-refractivity contribution is 5.82. The van der Waals surface area contributed by atoms with E-state index in [1.165, 1.54) is 5.56 Å². The second-order valence-electron chi connectivity index (χ2n) is 6.98. The van der Waals surface area contributed by atoms with Crippen LogP contribution in [0, 0.1) is 13.8 Å². The van der Waals surface area contributed by atoms with E-state index in [4.69, 9.17) is 0 Å². The van der Waals surface area contributed by atoms with Crippen LogP contribution in [0.15, 0.2) is 36.4 Å². The first-order valence-corrected chi connectivity index (χ1v) is 9.13. The lowest BCUT2D eigenvalue weighted by Crippen LogP contribution is -2.39. The van der Waals surface area contributed by atoms with Crippen LogP contribution >= 0.6 is 0 Å². The molecule has 1 aliphatic heterocycles. The monoisotopic (exact) mass is 354 g/mol. The normalized spacial score (nSPS) is 16.9. The minimum Gasteiger partial charge on any atom is -0.349 e. The van der Waals surface area contributed by atoms with Gasteiger partial charge in [-0.05, 0) is 38.3 Å². The lowest BCUT2D eigenvalue weighted by molar-refractivity contribution is -0.127. The van der Waals surface area contributed by atoms with Gasteiger partial charge in [-0.15, -0.1) is 0 Å². The first kappa shape index (κ1) is 18.2. The van der Waals surface area contributed by atoms with E-state index >= 15 is 0 Å². The van der Waals surface area contributed by atoms with E-state index < -0.39 is 0 Å². The number of rotatable bonds is 7. The van der Waals surface area contributed by atoms with Gasteiger partial charge in [0, 0.05) is 25.2 Å². The van der Waals surface area contributed by atoms with Crippen molar-refractivity contribution >= 4 is 11.8 Å². The minimum atomic E-state index is -0.108. The number of carbonyl (C=O) groups excluding carboxylic acids is 2. The molecule has 0 aliphatic carbocycles. The maximum Gasteiger partial charge on any atom is 0.242 e. The largest absolute Gasteiger partial charge is 0.349 e. The molecular weight excluding hydrogens is 328 g/mol. The summed E-state index contributed by atoms with van der Waals surface area (Å²) in [7, 11) is 0. The molecule has 2 aromatic rings. The molecule has 1 atom stereocenters. The van der Waals surface area contributed by atoms with Gasteiger partial charge < -0.3 is 10.2 Å². The van der Waals surface area contributed by atoms with Crippen LogP contribution < -0.4 is 5.32 Å². The van der Waals surface area contributed by atoms with E-state index in [1.54, 1.807) is 4.68 Å². The molecule has 0 spiro atoms. The number of aromatic nitrogens is 2. The van der Waals surface area contributed by atoms with Gasteiger partial charge in [0.15, 0.2) is 0 Å². The van der Waals surface area contributed by atoms with Gasteiger partial charge in [0.05, 0.1) is 11.7 Å². The van der Waals surface area contributed by atoms with Gasteiger partial charge in [-0.1, -0.05) is 30.3 Å². The average Bonchev–Trinajstić information content (AvgIpc) is 3.10. The predicted octanol–water partition coefficient (Wildman–Crippen LogP) is 1.85. The number of hydrogen-bond donors (Lipinski definition) is 1. The van der Waals surface area contributed by atoms with Crippen molar-refractivity contribution in [1.29, 1.82) is 0 Å². The lowest BCUT2D eigenvalue weighted by atomic mass is 10.1. The van der Waals surface area contributed by atoms with Crippen molar-refractivity contribution in [1.82, 2.24) is 20.0 Å². The Labute approximate surface area is 154 Å². The Morgan fingerprint density at radius 1 is 1.27 bits per heavy atom. The fraction of sp³-hybridized carbons (Fsp3) is 0.450. The standard InChI is InChI=1S/C20H26N4O2/c1-15-11-16(2)24(22-15)14-19(25)21-18-12-20(26)23(13-18)10-6-9-17-7-4-3-5-8-17/h3-5,7-8,11,18H,6,9-10,12-14H2,1-2H3,(H,21,25). The molecule has 0 bridgehead atoms. The fourth-order valence-corrected chi connectivity index (χ4v) is 3.45. The maximum absolute atomic E-state index is 12.2. The molecule has 2 heterocycles. The number of amides is 2. The van der Waals surface area contributed by atoms with Crippen molar-refractivity contribution in [3.63, 3.8) is 0 Å². The highest BCUT2D eigenvalue weighted by Gasteiger charge is 2.30. The summed E-state index contributed by atoms with van der Waals surface area (Å²) in [6, 6.07) is 12.1. The number of nitrogens with one attached hydrogen (secondary N) is 1. The molecule has 1 aliphatic rings. The minimum absolute atomic E-state index is 0.0971. The Balaban J connectivity index is 1.43. The van der Waals surface area contributed by atoms with Crippen LogP contribution in [0.4, 0.5) is 0 Å². The van der Waals surface area contributed by atoms with Crippen LogP contribution in [0.2, 0.25) is 0 Å². The van der Waals surface area contributed by atoms with Crippen molar-refractivity contribution in [3.05, 3.63) is 53.3 Å². The van der Waals surface area contributed by atoms with Crippen LogP contribution in [0.5, 0.6) is 0 Å². The Bertz CT molecular complexity index is 769. The van der Waals surface area contributed by atoms with E-state index in [2.05, 4.69) is 22.5 Å². The molecule has 0 saturated carbocycles. The molecule has 3 rings (SSSR count). The zero-order chi connectivity index (χ0) is 18.5. The molecule has 6 heteroatoms. The number of benzene rings is 1. The average molecular weight is 354 g/mol. The van der Waals surface area contributed by atoms with Gasteiger partial charge in [0.25, 0.3) is 0 Å². The third-order valence-electron chi connectivity index (χ3n) is 4.71. The second-order valence-corrected chi connectivity index (χ2v) is 6.98. The van der Waals surface area contributed by atoms with E-state index in [0.717, 1.165) is 30.8 Å². The predicted molar refractivity (Wildman–Crippen MR) is 99.6 cm³/mol. The van der Waals surface area contributed by atoms with Gasteiger partial charge in [-0.2, -0.15) is 5.10 Å². The number of carbonyl (C=O) groups is 2. The van der Waals surface area contributed by atoms with Gasteiger partial charge in [0.2, 0.25) is 11.8 Å². The number of hydrogen-bond acceptors (Lipinski definition) is 3. The molecule has 1 aromatic heterocycles. The highest BCUT2D eigenvalue weighted by atomic mass is 16.2. The topological polar surface area (TPSA) is 67.2 Å². The summed E-state index contributed by atoms with van der Waals surface area (Å²) >= 11 is 0. The maximum atomic E-state index is 12.2. The highest BCUT2D eigenvalue weighted by Crippen LogP contribution is 2.13. The molecule has 6 nitrogen and oxygen atoms in total. The lowest BCUT2D eigenvalue weighted by Gasteiger charge is -2.17. The second kappa shape index (κ2) is 8.17. The van der Waals surface area contributed by atoms with E-state index in [9.17, 15) is 9.59 Å². The summed E-state index contributed by atoms with van der Waals surface area (Å²) in [6.07, 6.45) is 2.27. The zero-order valence-corrected chi connectivity index (χ0v) is 15.4. The van der Waals surface area contributed by atoms with Gasteiger partial charge in [0.1, 0.15) is 6.54 Å². The Hall–Kier alpha value is -2.63. The SMILES string of the molecule is Cc1cc(C)n(CC(=O)NC2CC(=O)N(CCCc3ccccc3)C2)n1. The van der Waals surface area contributed by atoms with Crippen molar-refractivity contribution in [3.8, 4) is 0 Å². The van der Waals surface area contributed by atoms with Crippen LogP contribution in [0.25, 0.3) is 0 Å². The summed E-state index contributed by atoms with van der Waals surface area (Å²) in [6.45, 7) is 5.36. The van der Waals surface area contributed by atoms with Gasteiger partial charge in [-0.25, -0.2) is 0 Å². The fourth-order valence-electron chi connectivity index (χ4n) is 3.45. The molecule has 26 heavy (non-hydrogen) atoms. The molecule has 1 N–H and O–H groups in total.